The minimum Gasteiger partial charge on any atom is -0.542 e. The zero-order chi connectivity index (χ0) is 17.2. The first-order chi connectivity index (χ1) is 11.2. The first kappa shape index (κ1) is 26.3. The molecule has 0 unspecified atom stereocenters. The fourth-order valence-corrected chi connectivity index (χ4v) is 2.76. The van der Waals surface area contributed by atoms with E-state index < -0.39 is 5.97 Å². The molecule has 4 nitrogen and oxygen atoms in total. The normalized spacial score (nSPS) is 16.0. The second-order valence-electron chi connectivity index (χ2n) is 6.42. The van der Waals surface area contributed by atoms with Crippen molar-refractivity contribution in [3.8, 4) is 0 Å². The molecule has 0 aromatic rings. The molecule has 0 spiro atoms. The van der Waals surface area contributed by atoms with E-state index in [1.54, 1.807) is 0 Å². The van der Waals surface area contributed by atoms with Gasteiger partial charge in [-0.1, -0.05) is 77.6 Å². The average Bonchev–Trinajstić information content (AvgIpc) is 3.08. The van der Waals surface area contributed by atoms with E-state index in [2.05, 4.69) is 12.2 Å². The number of aliphatic carboxylic acids is 1. The third-order valence-electron chi connectivity index (χ3n) is 4.24. The van der Waals surface area contributed by atoms with Gasteiger partial charge in [0, 0.05) is 0 Å². The maximum atomic E-state index is 10.1. The molecule has 1 rings (SSSR count). The minimum atomic E-state index is -0.720. The monoisotopic (exact) mass is 349 g/mol. The van der Waals surface area contributed by atoms with Crippen LogP contribution in [0.1, 0.15) is 96.8 Å². The number of carboxylic acids is 1. The summed E-state index contributed by atoms with van der Waals surface area (Å²) in [5.41, 5.74) is 0. The zero-order valence-corrected chi connectivity index (χ0v) is 17.9. The fraction of sp³-hybridized carbons (Fsp3) is 0.895. The van der Waals surface area contributed by atoms with Crippen LogP contribution < -0.4 is 34.9 Å². The quantitative estimate of drug-likeness (QED) is 0.301. The van der Waals surface area contributed by atoms with Crippen LogP contribution in [0.4, 0.5) is 0 Å². The summed E-state index contributed by atoms with van der Waals surface area (Å²) in [6.45, 7) is 3.12. The Bertz CT molecular complexity index is 282. The van der Waals surface area contributed by atoms with E-state index in [0.29, 0.717) is 6.42 Å². The second-order valence-corrected chi connectivity index (χ2v) is 6.42. The molecule has 0 saturated carbocycles. The Morgan fingerprint density at radius 1 is 1.00 bits per heavy atom. The summed E-state index contributed by atoms with van der Waals surface area (Å²) in [7, 11) is 0. The van der Waals surface area contributed by atoms with E-state index in [9.17, 15) is 9.59 Å². The number of nitrogens with one attached hydrogen (secondary N) is 1. The first-order valence-corrected chi connectivity index (χ1v) is 9.53. The SMILES string of the molecule is CCCCCCCCCCCCC[C-]=O.O=C(O)[C@@H]1CCCN1.[Na+]. The predicted molar refractivity (Wildman–Crippen MR) is 95.4 cm³/mol. The van der Waals surface area contributed by atoms with Crippen molar-refractivity contribution >= 4 is 12.3 Å². The first-order valence-electron chi connectivity index (χ1n) is 9.53. The molecule has 1 saturated heterocycles. The van der Waals surface area contributed by atoms with Gasteiger partial charge in [0.2, 0.25) is 0 Å². The topological polar surface area (TPSA) is 66.4 Å². The van der Waals surface area contributed by atoms with Crippen molar-refractivity contribution in [2.24, 2.45) is 0 Å². The summed E-state index contributed by atoms with van der Waals surface area (Å²) >= 11 is 0. The Kier molecular flexibility index (Phi) is 23.2. The molecule has 136 valence electrons. The van der Waals surface area contributed by atoms with Crippen LogP contribution in [-0.4, -0.2) is 29.9 Å². The van der Waals surface area contributed by atoms with Crippen LogP contribution in [0.15, 0.2) is 0 Å². The smallest absolute Gasteiger partial charge is 0.542 e. The Hall–Kier alpha value is 0.1000. The van der Waals surface area contributed by atoms with Gasteiger partial charge in [-0.15, -0.1) is 0 Å². The second kappa shape index (κ2) is 21.1. The van der Waals surface area contributed by atoms with Crippen molar-refractivity contribution in [3.63, 3.8) is 0 Å². The number of rotatable bonds is 13. The van der Waals surface area contributed by atoms with Gasteiger partial charge in [0.05, 0.1) is 0 Å². The Morgan fingerprint density at radius 3 is 1.83 bits per heavy atom. The standard InChI is InChI=1S/C14H27O.C5H9NO2.Na/c1-2-3-4-5-6-7-8-9-10-11-12-13-14-15;7-5(8)4-2-1-3-6-4;/h2-13H2,1H3;4,6H,1-3H2,(H,7,8);/q-1;;+1/t;4-;/m.0./s1. The van der Waals surface area contributed by atoms with Crippen molar-refractivity contribution in [1.82, 2.24) is 5.32 Å². The Labute approximate surface area is 170 Å². The summed E-state index contributed by atoms with van der Waals surface area (Å²) in [5, 5.41) is 11.2. The van der Waals surface area contributed by atoms with E-state index in [0.717, 1.165) is 25.8 Å². The van der Waals surface area contributed by atoms with Crippen LogP contribution in [0.5, 0.6) is 0 Å². The van der Waals surface area contributed by atoms with Gasteiger partial charge >= 0.3 is 35.5 Å². The van der Waals surface area contributed by atoms with Gasteiger partial charge in [0.25, 0.3) is 0 Å². The molecule has 0 aromatic heterocycles. The molecule has 0 aromatic carbocycles. The van der Waals surface area contributed by atoms with E-state index in [-0.39, 0.29) is 35.6 Å². The Balaban J connectivity index is 0. The van der Waals surface area contributed by atoms with Gasteiger partial charge in [0.1, 0.15) is 6.04 Å². The number of carbonyl (C=O) groups is 1. The number of carboxylic acid groups (broad SMARTS) is 1. The molecule has 0 radical (unpaired) electrons. The van der Waals surface area contributed by atoms with Crippen molar-refractivity contribution in [2.45, 2.75) is 103 Å². The molecule has 24 heavy (non-hydrogen) atoms. The van der Waals surface area contributed by atoms with Crippen LogP contribution in [0.2, 0.25) is 0 Å². The molecule has 1 atom stereocenters. The van der Waals surface area contributed by atoms with Gasteiger partial charge < -0.3 is 15.2 Å². The summed E-state index contributed by atoms with van der Waals surface area (Å²) in [5.74, 6) is -0.720. The maximum Gasteiger partial charge on any atom is 1.00 e. The van der Waals surface area contributed by atoms with Crippen LogP contribution in [0.3, 0.4) is 0 Å². The van der Waals surface area contributed by atoms with Crippen molar-refractivity contribution in [3.05, 3.63) is 0 Å². The fourth-order valence-electron chi connectivity index (χ4n) is 2.76. The Morgan fingerprint density at radius 2 is 1.50 bits per heavy atom. The van der Waals surface area contributed by atoms with Crippen molar-refractivity contribution in [2.75, 3.05) is 6.54 Å². The van der Waals surface area contributed by atoms with Gasteiger partial charge in [-0.3, -0.25) is 11.1 Å². The third kappa shape index (κ3) is 18.4. The molecule has 0 aliphatic carbocycles. The average molecular weight is 349 g/mol. The number of unbranched alkanes of at least 4 members (excludes halogenated alkanes) is 11. The van der Waals surface area contributed by atoms with E-state index in [1.165, 1.54) is 64.2 Å². The molecular formula is C19H36NNaO3. The largest absolute Gasteiger partial charge is 1.00 e. The van der Waals surface area contributed by atoms with Gasteiger partial charge in [-0.05, 0) is 19.4 Å². The molecule has 2 N–H and O–H groups in total. The van der Waals surface area contributed by atoms with Crippen LogP contribution in [0, 0.1) is 0 Å². The summed E-state index contributed by atoms with van der Waals surface area (Å²) in [6.07, 6.45) is 19.1. The molecule has 1 aliphatic rings. The summed E-state index contributed by atoms with van der Waals surface area (Å²) in [4.78, 5) is 20.1. The maximum absolute atomic E-state index is 10.1. The molecule has 0 amide bonds. The van der Waals surface area contributed by atoms with E-state index in [1.807, 2.05) is 6.29 Å². The van der Waals surface area contributed by atoms with Crippen LogP contribution in [0.25, 0.3) is 0 Å². The van der Waals surface area contributed by atoms with Gasteiger partial charge in [-0.2, -0.15) is 6.42 Å². The zero-order valence-electron chi connectivity index (χ0n) is 15.9. The third-order valence-corrected chi connectivity index (χ3v) is 4.24. The number of hydrogen-bond acceptors (Lipinski definition) is 3. The molecule has 1 fully saturated rings. The minimum absolute atomic E-state index is 0. The summed E-state index contributed by atoms with van der Waals surface area (Å²) < 4.78 is 0. The van der Waals surface area contributed by atoms with Crippen molar-refractivity contribution in [1.29, 1.82) is 0 Å². The molecule has 1 aliphatic heterocycles. The van der Waals surface area contributed by atoms with E-state index in [4.69, 9.17) is 5.11 Å². The predicted octanol–water partition coefficient (Wildman–Crippen LogP) is 1.62. The molecule has 5 heteroatoms. The van der Waals surface area contributed by atoms with Gasteiger partial charge in [0.15, 0.2) is 0 Å². The van der Waals surface area contributed by atoms with Crippen LogP contribution in [-0.2, 0) is 9.59 Å². The number of carbonyl (C=O) groups excluding carboxylic acids is 1. The van der Waals surface area contributed by atoms with Crippen LogP contribution >= 0.6 is 0 Å². The van der Waals surface area contributed by atoms with E-state index >= 15 is 0 Å². The number of hydrogen-bond donors (Lipinski definition) is 2. The summed E-state index contributed by atoms with van der Waals surface area (Å²) in [6, 6.07) is -0.269. The molecular weight excluding hydrogens is 313 g/mol. The van der Waals surface area contributed by atoms with Gasteiger partial charge in [-0.25, -0.2) is 0 Å². The molecule has 0 bridgehead atoms. The molecule has 1 heterocycles. The van der Waals surface area contributed by atoms with Crippen molar-refractivity contribution < 1.29 is 44.3 Å².